The van der Waals surface area contributed by atoms with Crippen LogP contribution in [0.15, 0.2) is 0 Å². The number of rotatable bonds is 4. The molecule has 0 aromatic heterocycles. The molecule has 1 saturated heterocycles. The van der Waals surface area contributed by atoms with Gasteiger partial charge in [0, 0.05) is 11.3 Å². The molecule has 0 radical (unpaired) electrons. The first-order valence-electron chi connectivity index (χ1n) is 6.88. The molecule has 8 nitrogen and oxygen atoms in total. The van der Waals surface area contributed by atoms with Crippen LogP contribution in [0.3, 0.4) is 0 Å². The van der Waals surface area contributed by atoms with Gasteiger partial charge >= 0.3 is 6.09 Å². The van der Waals surface area contributed by atoms with Gasteiger partial charge in [-0.2, -0.15) is 0 Å². The fourth-order valence-electron chi connectivity index (χ4n) is 2.30. The summed E-state index contributed by atoms with van der Waals surface area (Å²) in [6.45, 7) is 8.36. The molecule has 21 heavy (non-hydrogen) atoms. The molecule has 1 amide bonds. The van der Waals surface area contributed by atoms with Crippen molar-refractivity contribution in [3.05, 3.63) is 10.1 Å². The lowest BCUT2D eigenvalue weighted by atomic mass is 10.1. The molecule has 1 aliphatic rings. The van der Waals surface area contributed by atoms with Crippen molar-refractivity contribution >= 4 is 6.09 Å². The highest BCUT2D eigenvalue weighted by Gasteiger charge is 2.46. The van der Waals surface area contributed by atoms with E-state index in [1.165, 1.54) is 4.90 Å². The van der Waals surface area contributed by atoms with E-state index in [2.05, 4.69) is 0 Å². The maximum absolute atomic E-state index is 12.3. The zero-order valence-corrected chi connectivity index (χ0v) is 13.2. The van der Waals surface area contributed by atoms with E-state index in [4.69, 9.17) is 9.47 Å². The van der Waals surface area contributed by atoms with Gasteiger partial charge in [-0.15, -0.1) is 0 Å². The molecule has 1 heterocycles. The average Bonchev–Trinajstić information content (AvgIpc) is 2.49. The summed E-state index contributed by atoms with van der Waals surface area (Å²) in [6, 6.07) is -0.454. The van der Waals surface area contributed by atoms with Crippen molar-refractivity contribution in [2.45, 2.75) is 64.5 Å². The lowest BCUT2D eigenvalue weighted by Crippen LogP contribution is -2.50. The first kappa shape index (κ1) is 17.6. The Morgan fingerprint density at radius 3 is 2.62 bits per heavy atom. The lowest BCUT2D eigenvalue weighted by Gasteiger charge is -2.35. The zero-order valence-electron chi connectivity index (χ0n) is 13.2. The second-order valence-electron chi connectivity index (χ2n) is 6.67. The Morgan fingerprint density at radius 1 is 1.57 bits per heavy atom. The van der Waals surface area contributed by atoms with Crippen molar-refractivity contribution in [1.82, 2.24) is 4.90 Å². The van der Waals surface area contributed by atoms with Crippen LogP contribution in [0, 0.1) is 10.1 Å². The van der Waals surface area contributed by atoms with Crippen LogP contribution in [0.5, 0.6) is 0 Å². The molecule has 122 valence electrons. The minimum Gasteiger partial charge on any atom is -0.444 e. The SMILES string of the molecule is CC(C)(C)OC(=O)N1C(C[C@H](O)C[N+](=O)[O-])COC1(C)C. The van der Waals surface area contributed by atoms with Crippen molar-refractivity contribution < 1.29 is 24.3 Å². The summed E-state index contributed by atoms with van der Waals surface area (Å²) >= 11 is 0. The molecule has 0 aromatic carbocycles. The van der Waals surface area contributed by atoms with Gasteiger partial charge in [-0.3, -0.25) is 15.0 Å². The van der Waals surface area contributed by atoms with Crippen LogP contribution >= 0.6 is 0 Å². The Labute approximate surface area is 124 Å². The summed E-state index contributed by atoms with van der Waals surface area (Å²) in [5.41, 5.74) is -1.53. The molecule has 8 heteroatoms. The number of ether oxygens (including phenoxy) is 2. The highest BCUT2D eigenvalue weighted by molar-refractivity contribution is 5.69. The Morgan fingerprint density at radius 2 is 2.14 bits per heavy atom. The van der Waals surface area contributed by atoms with Gasteiger partial charge in [-0.05, 0) is 34.6 Å². The van der Waals surface area contributed by atoms with Gasteiger partial charge in [0.2, 0.25) is 6.54 Å². The third kappa shape index (κ3) is 5.13. The molecular weight excluding hydrogens is 280 g/mol. The molecule has 0 saturated carbocycles. The van der Waals surface area contributed by atoms with Gasteiger partial charge in [0.05, 0.1) is 12.6 Å². The Balaban J connectivity index is 2.79. The van der Waals surface area contributed by atoms with Gasteiger partial charge < -0.3 is 14.6 Å². The van der Waals surface area contributed by atoms with E-state index < -0.39 is 41.0 Å². The number of amides is 1. The number of hydrogen-bond donors (Lipinski definition) is 1. The molecule has 0 aromatic rings. The Kier molecular flexibility index (Phi) is 5.16. The predicted molar refractivity (Wildman–Crippen MR) is 74.4 cm³/mol. The first-order valence-corrected chi connectivity index (χ1v) is 6.88. The summed E-state index contributed by atoms with van der Waals surface area (Å²) in [5.74, 6) is 0. The Bertz CT molecular complexity index is 404. The summed E-state index contributed by atoms with van der Waals surface area (Å²) in [6.07, 6.45) is -1.61. The van der Waals surface area contributed by atoms with E-state index in [9.17, 15) is 20.0 Å². The summed E-state index contributed by atoms with van der Waals surface area (Å²) in [7, 11) is 0. The largest absolute Gasteiger partial charge is 0.444 e. The highest BCUT2D eigenvalue weighted by Crippen LogP contribution is 2.31. The number of hydrogen-bond acceptors (Lipinski definition) is 6. The lowest BCUT2D eigenvalue weighted by molar-refractivity contribution is -0.490. The van der Waals surface area contributed by atoms with E-state index in [1.54, 1.807) is 34.6 Å². The molecule has 0 bridgehead atoms. The quantitative estimate of drug-likeness (QED) is 0.622. The number of nitro groups is 1. The minimum absolute atomic E-state index is 0.0731. The number of carbonyl (C=O) groups excluding carboxylic acids is 1. The van der Waals surface area contributed by atoms with E-state index in [-0.39, 0.29) is 13.0 Å². The fraction of sp³-hybridized carbons (Fsp3) is 0.923. The first-order chi connectivity index (χ1) is 9.42. The normalized spacial score (nSPS) is 23.0. The molecule has 1 unspecified atom stereocenters. The van der Waals surface area contributed by atoms with Gasteiger partial charge in [0.1, 0.15) is 17.4 Å². The minimum atomic E-state index is -1.13. The molecule has 2 atom stereocenters. The third-order valence-corrected chi connectivity index (χ3v) is 3.07. The molecule has 0 spiro atoms. The van der Waals surface area contributed by atoms with Crippen LogP contribution < -0.4 is 0 Å². The van der Waals surface area contributed by atoms with Crippen LogP contribution in [0.1, 0.15) is 41.0 Å². The summed E-state index contributed by atoms with van der Waals surface area (Å²) in [5, 5.41) is 20.1. The summed E-state index contributed by atoms with van der Waals surface area (Å²) in [4.78, 5) is 23.5. The van der Waals surface area contributed by atoms with Gasteiger partial charge in [-0.1, -0.05) is 0 Å². The Hall–Kier alpha value is -1.41. The number of aliphatic hydroxyl groups is 1. The molecule has 1 fully saturated rings. The third-order valence-electron chi connectivity index (χ3n) is 3.07. The maximum Gasteiger partial charge on any atom is 0.412 e. The zero-order chi connectivity index (χ0) is 16.4. The number of aliphatic hydroxyl groups excluding tert-OH is 1. The van der Waals surface area contributed by atoms with E-state index in [1.807, 2.05) is 0 Å². The van der Waals surface area contributed by atoms with E-state index in [0.717, 1.165) is 0 Å². The predicted octanol–water partition coefficient (Wildman–Crippen LogP) is 1.39. The van der Waals surface area contributed by atoms with Crippen molar-refractivity contribution in [3.63, 3.8) is 0 Å². The van der Waals surface area contributed by atoms with Crippen molar-refractivity contribution in [2.24, 2.45) is 0 Å². The molecule has 1 aliphatic heterocycles. The number of nitrogens with zero attached hydrogens (tertiary/aromatic N) is 2. The molecule has 1 rings (SSSR count). The van der Waals surface area contributed by atoms with E-state index >= 15 is 0 Å². The topological polar surface area (TPSA) is 102 Å². The molecule has 1 N–H and O–H groups in total. The van der Waals surface area contributed by atoms with Crippen LogP contribution in [-0.2, 0) is 9.47 Å². The van der Waals surface area contributed by atoms with Crippen LogP contribution in [0.4, 0.5) is 4.79 Å². The second-order valence-corrected chi connectivity index (χ2v) is 6.67. The van der Waals surface area contributed by atoms with Crippen molar-refractivity contribution in [1.29, 1.82) is 0 Å². The van der Waals surface area contributed by atoms with Crippen LogP contribution in [0.25, 0.3) is 0 Å². The monoisotopic (exact) mass is 304 g/mol. The fourth-order valence-corrected chi connectivity index (χ4v) is 2.30. The van der Waals surface area contributed by atoms with Gasteiger partial charge in [0.15, 0.2) is 0 Å². The standard InChI is InChI=1S/C13H24N2O6/c1-12(2,3)21-11(17)15-9(8-20-13(15,4)5)6-10(16)7-14(18)19/h9-10,16H,6-8H2,1-5H3/t9?,10-/m0/s1. The van der Waals surface area contributed by atoms with Crippen LogP contribution in [-0.4, -0.2) is 57.6 Å². The molecular formula is C13H24N2O6. The highest BCUT2D eigenvalue weighted by atomic mass is 16.6. The molecule has 0 aliphatic carbocycles. The summed E-state index contributed by atoms with van der Waals surface area (Å²) < 4.78 is 10.9. The van der Waals surface area contributed by atoms with Crippen LogP contribution in [0.2, 0.25) is 0 Å². The van der Waals surface area contributed by atoms with Gasteiger partial charge in [-0.25, -0.2) is 4.79 Å². The van der Waals surface area contributed by atoms with Crippen molar-refractivity contribution in [2.75, 3.05) is 13.2 Å². The van der Waals surface area contributed by atoms with Crippen molar-refractivity contribution in [3.8, 4) is 0 Å². The second kappa shape index (κ2) is 6.15. The van der Waals surface area contributed by atoms with Gasteiger partial charge in [0.25, 0.3) is 0 Å². The smallest absolute Gasteiger partial charge is 0.412 e. The average molecular weight is 304 g/mol. The maximum atomic E-state index is 12.3. The van der Waals surface area contributed by atoms with E-state index in [0.29, 0.717) is 0 Å². The number of carbonyl (C=O) groups is 1.